The molecule has 0 aliphatic heterocycles. The lowest BCUT2D eigenvalue weighted by molar-refractivity contribution is -0.138. The van der Waals surface area contributed by atoms with Gasteiger partial charge in [0.1, 0.15) is 11.8 Å². The number of carboxylic acid groups (broad SMARTS) is 1. The van der Waals surface area contributed by atoms with Crippen molar-refractivity contribution in [2.45, 2.75) is 12.5 Å². The van der Waals surface area contributed by atoms with E-state index in [9.17, 15) is 9.90 Å². The third-order valence-corrected chi connectivity index (χ3v) is 1.47. The molecule has 0 fully saturated rings. The molecule has 0 heterocycles. The molecule has 4 nitrogen and oxygen atoms in total. The number of benzene rings is 1. The number of phenols is 1. The molecular weight excluding hydrogens is 170 g/mol. The van der Waals surface area contributed by atoms with Crippen molar-refractivity contribution < 1.29 is 19.1 Å². The Kier molecular flexibility index (Phi) is 1.80. The van der Waals surface area contributed by atoms with Crippen molar-refractivity contribution in [3.05, 3.63) is 29.8 Å². The molecule has 1 aromatic rings. The molecule has 70 valence electrons. The van der Waals surface area contributed by atoms with Gasteiger partial charge in [-0.15, -0.1) is 0 Å². The van der Waals surface area contributed by atoms with Crippen molar-refractivity contribution in [1.29, 1.82) is 0 Å². The molecule has 0 aliphatic carbocycles. The van der Waals surface area contributed by atoms with Crippen molar-refractivity contribution in [1.82, 2.24) is 0 Å². The largest absolute Gasteiger partial charge is 0.508 e. The summed E-state index contributed by atoms with van der Waals surface area (Å²) in [6.45, 7) is 0. The molecule has 0 saturated carbocycles. The van der Waals surface area contributed by atoms with E-state index in [1.165, 1.54) is 0 Å². The zero-order valence-electron chi connectivity index (χ0n) is 9.74. The monoisotopic (exact) mass is 184 g/mol. The maximum absolute atomic E-state index is 10.5. The van der Waals surface area contributed by atoms with E-state index in [1.807, 2.05) is 0 Å². The minimum absolute atomic E-state index is 0.0309. The molecule has 1 atom stereocenters. The lowest BCUT2D eigenvalue weighted by Gasteiger charge is -2.05. The first-order chi connectivity index (χ1) is 7.34. The van der Waals surface area contributed by atoms with Crippen molar-refractivity contribution in [2.75, 3.05) is 0 Å². The van der Waals surface area contributed by atoms with Gasteiger partial charge in [-0.05, 0) is 24.1 Å². The summed E-state index contributed by atoms with van der Waals surface area (Å²) in [5.74, 6) is -1.81. The number of phenolic OH excluding ortho intramolecular Hbond substituents is 1. The summed E-state index contributed by atoms with van der Waals surface area (Å²) in [4.78, 5) is 10.5. The minimum atomic E-state index is -1.24. The lowest BCUT2D eigenvalue weighted by atomic mass is 10.1. The predicted molar refractivity (Wildman–Crippen MR) is 47.4 cm³/mol. The number of hydrogen-bond acceptors (Lipinski definition) is 3. The van der Waals surface area contributed by atoms with Crippen LogP contribution < -0.4 is 5.73 Å². The van der Waals surface area contributed by atoms with E-state index in [2.05, 4.69) is 0 Å². The molecular formula is C9H11NO3. The lowest BCUT2D eigenvalue weighted by Crippen LogP contribution is -2.32. The topological polar surface area (TPSA) is 83.6 Å². The first kappa shape index (κ1) is 5.99. The van der Waals surface area contributed by atoms with Crippen LogP contribution in [0.3, 0.4) is 0 Å². The van der Waals surface area contributed by atoms with Gasteiger partial charge < -0.3 is 15.9 Å². The minimum Gasteiger partial charge on any atom is -0.508 e. The summed E-state index contributed by atoms with van der Waals surface area (Å²) < 4.78 is 22.2. The number of rotatable bonds is 3. The Bertz CT molecular complexity index is 436. The fourth-order valence-corrected chi connectivity index (χ4v) is 0.824. The smallest absolute Gasteiger partial charge is 0.320 e. The molecule has 4 N–H and O–H groups in total. The van der Waals surface area contributed by atoms with Crippen molar-refractivity contribution >= 4 is 5.97 Å². The van der Waals surface area contributed by atoms with E-state index in [0.717, 1.165) is 6.07 Å². The summed E-state index contributed by atoms with van der Waals surface area (Å²) in [7, 11) is 0. The molecule has 0 saturated heterocycles. The normalized spacial score (nSPS) is 15.6. The fourth-order valence-electron chi connectivity index (χ4n) is 0.824. The standard InChI is InChI=1S/C9H11NO3/c10-8(9(12)13)5-6-2-1-3-7(11)4-6/h1-4,8,11H,5,10H2,(H,12,13)/i2D,3D,4D. The maximum Gasteiger partial charge on any atom is 0.320 e. The third-order valence-electron chi connectivity index (χ3n) is 1.47. The number of carboxylic acids is 1. The average Bonchev–Trinajstić information content (AvgIpc) is 2.20. The van der Waals surface area contributed by atoms with Crippen LogP contribution in [0.5, 0.6) is 5.75 Å². The first-order valence-corrected chi connectivity index (χ1v) is 3.61. The van der Waals surface area contributed by atoms with Crippen LogP contribution in [0, 0.1) is 0 Å². The van der Waals surface area contributed by atoms with Crippen LogP contribution >= 0.6 is 0 Å². The van der Waals surface area contributed by atoms with Gasteiger partial charge >= 0.3 is 5.97 Å². The van der Waals surface area contributed by atoms with Crippen molar-refractivity contribution in [3.8, 4) is 5.75 Å². The van der Waals surface area contributed by atoms with E-state index in [-0.39, 0.29) is 24.1 Å². The van der Waals surface area contributed by atoms with Crippen LogP contribution in [0.4, 0.5) is 0 Å². The van der Waals surface area contributed by atoms with Gasteiger partial charge in [0.05, 0.1) is 4.11 Å². The molecule has 0 aromatic heterocycles. The van der Waals surface area contributed by atoms with Gasteiger partial charge in [0, 0.05) is 0 Å². The van der Waals surface area contributed by atoms with Gasteiger partial charge in [0.25, 0.3) is 0 Å². The highest BCUT2D eigenvalue weighted by atomic mass is 16.4. The number of aromatic hydroxyl groups is 1. The van der Waals surface area contributed by atoms with Gasteiger partial charge in [0.2, 0.25) is 0 Å². The van der Waals surface area contributed by atoms with E-state index in [0.29, 0.717) is 0 Å². The Labute approximate surface area is 79.8 Å². The first-order valence-electron chi connectivity index (χ1n) is 5.11. The highest BCUT2D eigenvalue weighted by molar-refractivity contribution is 5.73. The highest BCUT2D eigenvalue weighted by Crippen LogP contribution is 2.11. The van der Waals surface area contributed by atoms with E-state index in [4.69, 9.17) is 15.0 Å². The van der Waals surface area contributed by atoms with Gasteiger partial charge in [0.15, 0.2) is 0 Å². The van der Waals surface area contributed by atoms with Crippen LogP contribution in [0.2, 0.25) is 0 Å². The molecule has 1 aromatic carbocycles. The second kappa shape index (κ2) is 3.91. The van der Waals surface area contributed by atoms with Gasteiger partial charge in [-0.1, -0.05) is 12.1 Å². The van der Waals surface area contributed by atoms with Gasteiger partial charge in [-0.2, -0.15) is 0 Å². The summed E-state index contributed by atoms with van der Waals surface area (Å²) in [6, 6.07) is -1.08. The van der Waals surface area contributed by atoms with Crippen LogP contribution in [0.25, 0.3) is 0 Å². The second-order valence-corrected chi connectivity index (χ2v) is 2.53. The summed E-state index contributed by atoms with van der Waals surface area (Å²) in [5, 5.41) is 17.9. The molecule has 13 heavy (non-hydrogen) atoms. The van der Waals surface area contributed by atoms with Gasteiger partial charge in [-0.25, -0.2) is 0 Å². The maximum atomic E-state index is 10.5. The van der Waals surface area contributed by atoms with Crippen LogP contribution in [0.1, 0.15) is 9.68 Å². The van der Waals surface area contributed by atoms with E-state index in [1.54, 1.807) is 0 Å². The Morgan fingerprint density at radius 1 is 1.69 bits per heavy atom. The fraction of sp³-hybridized carbons (Fsp3) is 0.222. The summed E-state index contributed by atoms with van der Waals surface area (Å²) >= 11 is 0. The SMILES string of the molecule is [2H]c1cc([2H])c(CC(N)C(=O)O)c([2H])c1O. The predicted octanol–water partition coefficient (Wildman–Crippen LogP) is 0.347. The zero-order chi connectivity index (χ0) is 12.5. The highest BCUT2D eigenvalue weighted by Gasteiger charge is 2.11. The molecule has 0 amide bonds. The quantitative estimate of drug-likeness (QED) is 0.632. The third kappa shape index (κ3) is 2.76. The van der Waals surface area contributed by atoms with Gasteiger partial charge in [-0.3, -0.25) is 4.79 Å². The van der Waals surface area contributed by atoms with E-state index >= 15 is 0 Å². The number of carbonyl (C=O) groups is 1. The van der Waals surface area contributed by atoms with Crippen LogP contribution in [-0.2, 0) is 11.2 Å². The Hall–Kier alpha value is -1.55. The summed E-state index contributed by atoms with van der Waals surface area (Å²) in [5.41, 5.74) is 5.31. The number of nitrogens with two attached hydrogens (primary N) is 1. The Balaban J connectivity index is 3.14. The summed E-state index contributed by atoms with van der Waals surface area (Å²) in [6.07, 6.45) is -0.221. The molecule has 0 bridgehead atoms. The molecule has 1 unspecified atom stereocenters. The number of aliphatic carboxylic acids is 1. The van der Waals surface area contributed by atoms with E-state index < -0.39 is 23.8 Å². The molecule has 0 radical (unpaired) electrons. The van der Waals surface area contributed by atoms with Crippen molar-refractivity contribution in [2.24, 2.45) is 5.73 Å². The molecule has 4 heteroatoms. The zero-order valence-corrected chi connectivity index (χ0v) is 6.74. The van der Waals surface area contributed by atoms with Crippen LogP contribution in [0.15, 0.2) is 24.2 Å². The Morgan fingerprint density at radius 3 is 3.00 bits per heavy atom. The average molecular weight is 184 g/mol. The number of hydrogen-bond donors (Lipinski definition) is 3. The van der Waals surface area contributed by atoms with Crippen molar-refractivity contribution in [3.63, 3.8) is 0 Å². The molecule has 0 spiro atoms. The second-order valence-electron chi connectivity index (χ2n) is 2.53. The Morgan fingerprint density at radius 2 is 2.38 bits per heavy atom. The van der Waals surface area contributed by atoms with Crippen LogP contribution in [-0.4, -0.2) is 22.2 Å². The molecule has 0 aliphatic rings. The molecule has 1 rings (SSSR count).